The van der Waals surface area contributed by atoms with Gasteiger partial charge in [0.15, 0.2) is 0 Å². The lowest BCUT2D eigenvalue weighted by molar-refractivity contribution is -0.401. The number of halogens is 2. The van der Waals surface area contributed by atoms with E-state index in [4.69, 9.17) is 0 Å². The van der Waals surface area contributed by atoms with Crippen molar-refractivity contribution in [2.45, 2.75) is 13.8 Å². The molecule has 8 heteroatoms. The van der Waals surface area contributed by atoms with Crippen LogP contribution in [0.25, 0.3) is 0 Å². The second-order valence-electron chi connectivity index (χ2n) is 3.09. The van der Waals surface area contributed by atoms with Crippen LogP contribution < -0.4 is 0 Å². The first kappa shape index (κ1) is 12.0. The highest BCUT2D eigenvalue weighted by Gasteiger charge is 2.34. The van der Waals surface area contributed by atoms with Crippen molar-refractivity contribution in [1.82, 2.24) is 0 Å². The molecule has 16 heavy (non-hydrogen) atoms. The number of benzene rings is 1. The summed E-state index contributed by atoms with van der Waals surface area (Å²) in [6, 6.07) is 0. The van der Waals surface area contributed by atoms with Crippen molar-refractivity contribution in [2.75, 3.05) is 0 Å². The fraction of sp³-hybridized carbons (Fsp3) is 0.250. The summed E-state index contributed by atoms with van der Waals surface area (Å²) in [7, 11) is 0. The third-order valence-electron chi connectivity index (χ3n) is 2.24. The molecule has 0 aliphatic carbocycles. The van der Waals surface area contributed by atoms with Crippen LogP contribution in [-0.4, -0.2) is 9.85 Å². The first-order chi connectivity index (χ1) is 7.29. The van der Waals surface area contributed by atoms with Crippen LogP contribution in [0.1, 0.15) is 11.1 Å². The number of nitrogens with zero attached hydrogens (tertiary/aromatic N) is 2. The van der Waals surface area contributed by atoms with Gasteiger partial charge in [-0.3, -0.25) is 20.2 Å². The van der Waals surface area contributed by atoms with Crippen molar-refractivity contribution in [3.63, 3.8) is 0 Å². The Bertz CT molecular complexity index is 460. The quantitative estimate of drug-likeness (QED) is 0.578. The Morgan fingerprint density at radius 2 is 1.31 bits per heavy atom. The van der Waals surface area contributed by atoms with E-state index in [1.807, 2.05) is 0 Å². The largest absolute Gasteiger partial charge is 0.347 e. The maximum absolute atomic E-state index is 13.4. The van der Waals surface area contributed by atoms with Gasteiger partial charge >= 0.3 is 11.4 Å². The number of rotatable bonds is 2. The van der Waals surface area contributed by atoms with Gasteiger partial charge in [0.25, 0.3) is 5.82 Å². The maximum Gasteiger partial charge on any atom is 0.347 e. The van der Waals surface area contributed by atoms with Gasteiger partial charge in [-0.05, 0) is 13.8 Å². The summed E-state index contributed by atoms with van der Waals surface area (Å²) in [5.41, 5.74) is -3.12. The molecule has 0 aliphatic rings. The van der Waals surface area contributed by atoms with Gasteiger partial charge in [0.1, 0.15) is 0 Å². The topological polar surface area (TPSA) is 86.3 Å². The number of hydrogen-bond donors (Lipinski definition) is 0. The molecule has 0 aliphatic heterocycles. The molecule has 0 heterocycles. The molecule has 0 aromatic heterocycles. The van der Waals surface area contributed by atoms with Crippen LogP contribution in [0, 0.1) is 45.7 Å². The molecule has 0 saturated carbocycles. The van der Waals surface area contributed by atoms with E-state index in [-0.39, 0.29) is 11.1 Å². The molecule has 0 unspecified atom stereocenters. The monoisotopic (exact) mass is 232 g/mol. The minimum atomic E-state index is -1.75. The highest BCUT2D eigenvalue weighted by Crippen LogP contribution is 2.35. The van der Waals surface area contributed by atoms with Gasteiger partial charge in [-0.15, -0.1) is 0 Å². The van der Waals surface area contributed by atoms with E-state index in [2.05, 4.69) is 0 Å². The van der Waals surface area contributed by atoms with Crippen LogP contribution in [0.2, 0.25) is 0 Å². The zero-order valence-electron chi connectivity index (χ0n) is 8.28. The average molecular weight is 232 g/mol. The minimum Gasteiger partial charge on any atom is -0.258 e. The molecular formula is C8H6F2N2O4. The van der Waals surface area contributed by atoms with Crippen molar-refractivity contribution in [1.29, 1.82) is 0 Å². The first-order valence-electron chi connectivity index (χ1n) is 4.06. The number of nitro groups is 2. The molecule has 1 aromatic rings. The summed E-state index contributed by atoms with van der Waals surface area (Å²) in [4.78, 5) is 18.5. The molecule has 1 aromatic carbocycles. The summed E-state index contributed by atoms with van der Waals surface area (Å²) in [5, 5.41) is 20.9. The highest BCUT2D eigenvalue weighted by atomic mass is 19.1. The fourth-order valence-corrected chi connectivity index (χ4v) is 1.27. The number of hydrogen-bond acceptors (Lipinski definition) is 4. The van der Waals surface area contributed by atoms with Gasteiger partial charge in [0, 0.05) is 11.1 Å². The lowest BCUT2D eigenvalue weighted by Crippen LogP contribution is -2.06. The summed E-state index contributed by atoms with van der Waals surface area (Å²) < 4.78 is 26.7. The number of nitro benzene ring substituents is 2. The lowest BCUT2D eigenvalue weighted by Gasteiger charge is -2.05. The smallest absolute Gasteiger partial charge is 0.258 e. The molecule has 1 rings (SSSR count). The maximum atomic E-state index is 13.4. The van der Waals surface area contributed by atoms with Gasteiger partial charge in [0.2, 0.25) is 5.82 Å². The lowest BCUT2D eigenvalue weighted by atomic mass is 10.1. The van der Waals surface area contributed by atoms with E-state index in [1.165, 1.54) is 0 Å². The molecular weight excluding hydrogens is 226 g/mol. The summed E-state index contributed by atoms with van der Waals surface area (Å²) >= 11 is 0. The predicted molar refractivity (Wildman–Crippen MR) is 49.1 cm³/mol. The van der Waals surface area contributed by atoms with Crippen molar-refractivity contribution < 1.29 is 18.6 Å². The Morgan fingerprint density at radius 1 is 0.875 bits per heavy atom. The Balaban J connectivity index is 3.80. The van der Waals surface area contributed by atoms with Gasteiger partial charge in [0.05, 0.1) is 9.85 Å². The molecule has 6 nitrogen and oxygen atoms in total. The molecule has 0 fully saturated rings. The van der Waals surface area contributed by atoms with Crippen molar-refractivity contribution >= 4 is 11.4 Å². The fourth-order valence-electron chi connectivity index (χ4n) is 1.27. The first-order valence-corrected chi connectivity index (χ1v) is 4.06. The summed E-state index contributed by atoms with van der Waals surface area (Å²) in [6.45, 7) is 2.24. The van der Waals surface area contributed by atoms with E-state index in [1.54, 1.807) is 0 Å². The van der Waals surface area contributed by atoms with Crippen LogP contribution in [0.15, 0.2) is 0 Å². The third kappa shape index (κ3) is 1.58. The molecule has 0 N–H and O–H groups in total. The second-order valence-corrected chi connectivity index (χ2v) is 3.09. The Hall–Kier alpha value is -2.12. The molecule has 0 saturated heterocycles. The van der Waals surface area contributed by atoms with Crippen molar-refractivity contribution in [3.8, 4) is 0 Å². The van der Waals surface area contributed by atoms with Gasteiger partial charge in [-0.2, -0.15) is 8.78 Å². The summed E-state index contributed by atoms with van der Waals surface area (Å²) in [6.07, 6.45) is 0. The molecule has 86 valence electrons. The van der Waals surface area contributed by atoms with Crippen LogP contribution in [0.3, 0.4) is 0 Å². The van der Waals surface area contributed by atoms with Crippen molar-refractivity contribution in [3.05, 3.63) is 43.0 Å². The Labute approximate surface area is 87.8 Å². The molecule has 0 radical (unpaired) electrons. The Kier molecular flexibility index (Phi) is 2.84. The molecule has 0 atom stereocenters. The minimum absolute atomic E-state index is 0.259. The standard InChI is InChI=1S/C8H6F2N2O4/c1-3-4(2)7(11(13)14)6(10)8(5(3)9)12(15)16/h1-2H3. The molecule has 0 amide bonds. The van der Waals surface area contributed by atoms with E-state index in [0.29, 0.717) is 0 Å². The van der Waals surface area contributed by atoms with E-state index >= 15 is 0 Å². The zero-order valence-corrected chi connectivity index (χ0v) is 8.28. The molecule has 0 bridgehead atoms. The van der Waals surface area contributed by atoms with Crippen LogP contribution in [0.5, 0.6) is 0 Å². The van der Waals surface area contributed by atoms with Crippen LogP contribution in [0.4, 0.5) is 20.2 Å². The highest BCUT2D eigenvalue weighted by molar-refractivity contribution is 5.55. The zero-order chi connectivity index (χ0) is 12.6. The second kappa shape index (κ2) is 3.80. The van der Waals surface area contributed by atoms with Gasteiger partial charge in [-0.25, -0.2) is 0 Å². The average Bonchev–Trinajstić information content (AvgIpc) is 2.13. The van der Waals surface area contributed by atoms with Gasteiger partial charge < -0.3 is 0 Å². The van der Waals surface area contributed by atoms with Gasteiger partial charge in [-0.1, -0.05) is 0 Å². The normalized spacial score (nSPS) is 10.2. The third-order valence-corrected chi connectivity index (χ3v) is 2.24. The van der Waals surface area contributed by atoms with E-state index in [9.17, 15) is 29.0 Å². The molecule has 0 spiro atoms. The summed E-state index contributed by atoms with van der Waals surface area (Å²) in [5.74, 6) is -3.14. The SMILES string of the molecule is Cc1c(C)c([N+](=O)[O-])c(F)c([N+](=O)[O-])c1F. The van der Waals surface area contributed by atoms with E-state index in [0.717, 1.165) is 13.8 Å². The van der Waals surface area contributed by atoms with Crippen LogP contribution in [-0.2, 0) is 0 Å². The van der Waals surface area contributed by atoms with Crippen LogP contribution >= 0.6 is 0 Å². The van der Waals surface area contributed by atoms with E-state index < -0.39 is 32.9 Å². The Morgan fingerprint density at radius 3 is 1.69 bits per heavy atom. The van der Waals surface area contributed by atoms with Crippen molar-refractivity contribution in [2.24, 2.45) is 0 Å². The predicted octanol–water partition coefficient (Wildman–Crippen LogP) is 2.40.